The van der Waals surface area contributed by atoms with E-state index < -0.39 is 29.8 Å². The van der Waals surface area contributed by atoms with E-state index in [0.29, 0.717) is 22.9 Å². The minimum absolute atomic E-state index is 0.133. The van der Waals surface area contributed by atoms with Gasteiger partial charge in [-0.2, -0.15) is 0 Å². The quantitative estimate of drug-likeness (QED) is 0.448. The summed E-state index contributed by atoms with van der Waals surface area (Å²) in [5, 5.41) is 8.69. The lowest BCUT2D eigenvalue weighted by Gasteiger charge is -2.27. The monoisotopic (exact) mass is 558 g/mol. The van der Waals surface area contributed by atoms with Gasteiger partial charge in [-0.15, -0.1) is 0 Å². The highest BCUT2D eigenvalue weighted by atomic mass is 35.5. The SMILES string of the molecule is CC(C)C[C@@H]1NC(=O)C[C@@H](C(=O)NCCOc2ccc(Cl)cc2)NC(=O)c2ccccc2OCCN(C)C1=O. The van der Waals surface area contributed by atoms with E-state index in [-0.39, 0.29) is 50.1 Å². The third-order valence-corrected chi connectivity index (χ3v) is 6.28. The van der Waals surface area contributed by atoms with Crippen molar-refractivity contribution in [3.05, 3.63) is 59.1 Å². The molecule has 2 aromatic rings. The van der Waals surface area contributed by atoms with E-state index in [1.807, 2.05) is 13.8 Å². The predicted octanol–water partition coefficient (Wildman–Crippen LogP) is 2.41. The molecule has 0 saturated carbocycles. The normalized spacial score (nSPS) is 18.8. The molecule has 3 rings (SSSR count). The number of halogens is 1. The molecule has 11 heteroatoms. The first-order chi connectivity index (χ1) is 18.6. The highest BCUT2D eigenvalue weighted by Crippen LogP contribution is 2.19. The van der Waals surface area contributed by atoms with E-state index in [0.717, 1.165) is 0 Å². The molecule has 1 aliphatic heterocycles. The maximum absolute atomic E-state index is 13.2. The summed E-state index contributed by atoms with van der Waals surface area (Å²) in [5.74, 6) is -0.872. The highest BCUT2D eigenvalue weighted by Gasteiger charge is 2.30. The topological polar surface area (TPSA) is 126 Å². The molecule has 0 fully saturated rings. The summed E-state index contributed by atoms with van der Waals surface area (Å²) in [6.45, 7) is 4.61. The van der Waals surface area contributed by atoms with Crippen LogP contribution in [0.4, 0.5) is 0 Å². The third-order valence-electron chi connectivity index (χ3n) is 6.03. The average Bonchev–Trinajstić information content (AvgIpc) is 2.90. The van der Waals surface area contributed by atoms with Gasteiger partial charge in [0, 0.05) is 12.1 Å². The number of fused-ring (bicyclic) bond motifs is 1. The maximum Gasteiger partial charge on any atom is 0.255 e. The first-order valence-corrected chi connectivity index (χ1v) is 13.2. The summed E-state index contributed by atoms with van der Waals surface area (Å²) in [6, 6.07) is 11.4. The number of para-hydroxylation sites is 1. The lowest BCUT2D eigenvalue weighted by Crippen LogP contribution is -2.53. The molecule has 2 aromatic carbocycles. The van der Waals surface area contributed by atoms with Crippen LogP contribution in [0.1, 0.15) is 37.0 Å². The molecule has 0 saturated heterocycles. The van der Waals surface area contributed by atoms with Crippen LogP contribution in [-0.2, 0) is 14.4 Å². The molecule has 0 aromatic heterocycles. The van der Waals surface area contributed by atoms with Crippen LogP contribution in [0.3, 0.4) is 0 Å². The van der Waals surface area contributed by atoms with E-state index in [9.17, 15) is 19.2 Å². The van der Waals surface area contributed by atoms with E-state index in [1.54, 1.807) is 55.6 Å². The Balaban J connectivity index is 1.76. The third kappa shape index (κ3) is 9.17. The molecule has 39 heavy (non-hydrogen) atoms. The second kappa shape index (κ2) is 14.4. The smallest absolute Gasteiger partial charge is 0.255 e. The van der Waals surface area contributed by atoms with Gasteiger partial charge >= 0.3 is 0 Å². The molecule has 0 aliphatic carbocycles. The van der Waals surface area contributed by atoms with Crippen molar-refractivity contribution >= 4 is 35.2 Å². The molecular formula is C28H35ClN4O6. The summed E-state index contributed by atoms with van der Waals surface area (Å²) in [5.41, 5.74) is 0.213. The van der Waals surface area contributed by atoms with Crippen LogP contribution in [0.5, 0.6) is 11.5 Å². The van der Waals surface area contributed by atoms with E-state index in [2.05, 4.69) is 16.0 Å². The van der Waals surface area contributed by atoms with Crippen LogP contribution < -0.4 is 25.4 Å². The van der Waals surface area contributed by atoms with Crippen molar-refractivity contribution in [2.24, 2.45) is 5.92 Å². The van der Waals surface area contributed by atoms with Crippen molar-refractivity contribution in [2.45, 2.75) is 38.8 Å². The van der Waals surface area contributed by atoms with Crippen molar-refractivity contribution in [1.82, 2.24) is 20.9 Å². The maximum atomic E-state index is 13.2. The Hall–Kier alpha value is -3.79. The molecule has 2 atom stereocenters. The zero-order chi connectivity index (χ0) is 28.4. The molecule has 0 spiro atoms. The van der Waals surface area contributed by atoms with E-state index in [4.69, 9.17) is 21.1 Å². The van der Waals surface area contributed by atoms with Crippen molar-refractivity contribution in [1.29, 1.82) is 0 Å². The summed E-state index contributed by atoms with van der Waals surface area (Å²) >= 11 is 5.88. The molecule has 0 unspecified atom stereocenters. The van der Waals surface area contributed by atoms with Gasteiger partial charge in [0.1, 0.15) is 36.8 Å². The van der Waals surface area contributed by atoms with Crippen molar-refractivity contribution in [2.75, 3.05) is 33.4 Å². The van der Waals surface area contributed by atoms with Gasteiger partial charge in [0.05, 0.1) is 25.1 Å². The van der Waals surface area contributed by atoms with Gasteiger partial charge in [0.15, 0.2) is 0 Å². The Morgan fingerprint density at radius 1 is 1.13 bits per heavy atom. The number of carbonyl (C=O) groups is 4. The van der Waals surface area contributed by atoms with Crippen LogP contribution in [0.2, 0.25) is 5.02 Å². The molecule has 0 radical (unpaired) electrons. The summed E-state index contributed by atoms with van der Waals surface area (Å²) < 4.78 is 11.4. The van der Waals surface area contributed by atoms with Crippen LogP contribution >= 0.6 is 11.6 Å². The number of carbonyl (C=O) groups excluding carboxylic acids is 4. The molecule has 210 valence electrons. The lowest BCUT2D eigenvalue weighted by atomic mass is 10.0. The average molecular weight is 559 g/mol. The Bertz CT molecular complexity index is 1160. The first-order valence-electron chi connectivity index (χ1n) is 12.9. The van der Waals surface area contributed by atoms with Crippen LogP contribution in [-0.4, -0.2) is 74.0 Å². The van der Waals surface area contributed by atoms with Crippen molar-refractivity contribution < 1.29 is 28.7 Å². The Labute approximate surface area is 233 Å². The molecule has 1 heterocycles. The first kappa shape index (κ1) is 29.8. The van der Waals surface area contributed by atoms with Gasteiger partial charge in [-0.05, 0) is 48.7 Å². The molecule has 10 nitrogen and oxygen atoms in total. The van der Waals surface area contributed by atoms with Crippen molar-refractivity contribution in [3.63, 3.8) is 0 Å². The number of hydrogen-bond acceptors (Lipinski definition) is 6. The fraction of sp³-hybridized carbons (Fsp3) is 0.429. The Morgan fingerprint density at radius 2 is 1.85 bits per heavy atom. The molecule has 3 N–H and O–H groups in total. The highest BCUT2D eigenvalue weighted by molar-refractivity contribution is 6.30. The fourth-order valence-corrected chi connectivity index (χ4v) is 4.15. The lowest BCUT2D eigenvalue weighted by molar-refractivity contribution is -0.136. The van der Waals surface area contributed by atoms with Gasteiger partial charge in [-0.25, -0.2) is 0 Å². The predicted molar refractivity (Wildman–Crippen MR) is 147 cm³/mol. The van der Waals surface area contributed by atoms with Gasteiger partial charge in [-0.1, -0.05) is 37.6 Å². The zero-order valence-corrected chi connectivity index (χ0v) is 23.1. The molecule has 1 aliphatic rings. The number of benzene rings is 2. The number of amides is 4. The van der Waals surface area contributed by atoms with Crippen LogP contribution in [0.25, 0.3) is 0 Å². The summed E-state index contributed by atoms with van der Waals surface area (Å²) in [4.78, 5) is 53.9. The van der Waals surface area contributed by atoms with Gasteiger partial charge in [0.2, 0.25) is 17.7 Å². The van der Waals surface area contributed by atoms with Crippen LogP contribution in [0.15, 0.2) is 48.5 Å². The molecule has 0 bridgehead atoms. The Kier molecular flexibility index (Phi) is 11.0. The van der Waals surface area contributed by atoms with E-state index >= 15 is 0 Å². The van der Waals surface area contributed by atoms with E-state index in [1.165, 1.54) is 4.90 Å². The number of rotatable bonds is 7. The number of likely N-dealkylation sites (N-methyl/N-ethyl adjacent to an activating group) is 1. The standard InChI is InChI=1S/C28H35ClN4O6/c1-18(2)16-23-28(37)33(3)13-15-39-24-7-5-4-6-21(24)26(35)32-22(17-25(34)31-23)27(36)30-12-14-38-20-10-8-19(29)9-11-20/h4-11,18,22-23H,12-17H2,1-3H3,(H,30,36)(H,31,34)(H,32,35)/t22-,23-/m0/s1. The second-order valence-electron chi connectivity index (χ2n) is 9.68. The molecular weight excluding hydrogens is 524 g/mol. The zero-order valence-electron chi connectivity index (χ0n) is 22.4. The Morgan fingerprint density at radius 3 is 2.56 bits per heavy atom. The number of ether oxygens (including phenoxy) is 2. The fourth-order valence-electron chi connectivity index (χ4n) is 4.02. The number of hydrogen-bond donors (Lipinski definition) is 3. The number of nitrogens with one attached hydrogen (secondary N) is 3. The largest absolute Gasteiger partial charge is 0.492 e. The number of nitrogens with zero attached hydrogens (tertiary/aromatic N) is 1. The van der Waals surface area contributed by atoms with Gasteiger partial charge < -0.3 is 30.3 Å². The second-order valence-corrected chi connectivity index (χ2v) is 10.1. The van der Waals surface area contributed by atoms with Crippen LogP contribution in [0, 0.1) is 5.92 Å². The van der Waals surface area contributed by atoms with Crippen molar-refractivity contribution in [3.8, 4) is 11.5 Å². The minimum Gasteiger partial charge on any atom is -0.492 e. The van der Waals surface area contributed by atoms with Gasteiger partial charge in [-0.3, -0.25) is 19.2 Å². The minimum atomic E-state index is -1.20. The summed E-state index contributed by atoms with van der Waals surface area (Å²) in [6.07, 6.45) is 0.0636. The van der Waals surface area contributed by atoms with Gasteiger partial charge in [0.25, 0.3) is 5.91 Å². The summed E-state index contributed by atoms with van der Waals surface area (Å²) in [7, 11) is 1.64. The molecule has 4 amide bonds.